The fourth-order valence-corrected chi connectivity index (χ4v) is 1.79. The van der Waals surface area contributed by atoms with Crippen molar-refractivity contribution in [2.45, 2.75) is 18.9 Å². The molecule has 0 unspecified atom stereocenters. The van der Waals surface area contributed by atoms with Crippen LogP contribution in [-0.2, 0) is 0 Å². The van der Waals surface area contributed by atoms with Crippen LogP contribution < -0.4 is 5.32 Å². The van der Waals surface area contributed by atoms with Gasteiger partial charge in [-0.3, -0.25) is 4.79 Å². The Morgan fingerprint density at radius 1 is 1.21 bits per heavy atom. The predicted molar refractivity (Wildman–Crippen MR) is 66.5 cm³/mol. The average molecular weight is 265 g/mol. The first-order chi connectivity index (χ1) is 9.24. The number of amides is 1. The van der Waals surface area contributed by atoms with Crippen molar-refractivity contribution in [3.05, 3.63) is 23.8 Å². The number of carbonyl (C=O) groups excluding carboxylic acids is 1. The van der Waals surface area contributed by atoms with Gasteiger partial charge in [-0.05, 0) is 41.4 Å². The summed E-state index contributed by atoms with van der Waals surface area (Å²) in [5.41, 5.74) is 1.52. The first-order valence-corrected chi connectivity index (χ1v) is 5.99. The van der Waals surface area contributed by atoms with Crippen LogP contribution in [0.3, 0.4) is 0 Å². The second-order valence-corrected chi connectivity index (χ2v) is 4.16. The molecule has 0 radical (unpaired) electrons. The van der Waals surface area contributed by atoms with Gasteiger partial charge in [-0.15, -0.1) is 0 Å². The third kappa shape index (κ3) is 3.27. The van der Waals surface area contributed by atoms with E-state index in [1.54, 1.807) is 18.2 Å². The van der Waals surface area contributed by atoms with Crippen LogP contribution in [0.1, 0.15) is 23.2 Å². The number of fused-ring (bicyclic) bond motifs is 1. The van der Waals surface area contributed by atoms with Crippen molar-refractivity contribution >= 4 is 16.9 Å². The molecule has 19 heavy (non-hydrogen) atoms. The summed E-state index contributed by atoms with van der Waals surface area (Å²) < 4.78 is 4.56. The zero-order chi connectivity index (χ0) is 13.7. The number of rotatable bonds is 6. The monoisotopic (exact) mass is 265 g/mol. The maximum Gasteiger partial charge on any atom is 0.251 e. The van der Waals surface area contributed by atoms with Crippen LogP contribution in [0.15, 0.2) is 22.8 Å². The molecule has 7 heteroatoms. The smallest absolute Gasteiger partial charge is 0.251 e. The number of nitrogens with zero attached hydrogens (tertiary/aromatic N) is 2. The molecule has 1 amide bonds. The molecule has 0 bridgehead atoms. The van der Waals surface area contributed by atoms with Crippen LogP contribution in [0.2, 0.25) is 0 Å². The number of hydrogen-bond donors (Lipinski definition) is 3. The second kappa shape index (κ2) is 6.26. The summed E-state index contributed by atoms with van der Waals surface area (Å²) in [5.74, 6) is -0.281. The van der Waals surface area contributed by atoms with Crippen molar-refractivity contribution in [1.29, 1.82) is 0 Å². The summed E-state index contributed by atoms with van der Waals surface area (Å²) in [6.45, 7) is -0.0889. The van der Waals surface area contributed by atoms with Crippen molar-refractivity contribution in [3.63, 3.8) is 0 Å². The third-order valence-corrected chi connectivity index (χ3v) is 2.81. The molecular formula is C12H15N3O4. The molecule has 1 aromatic carbocycles. The van der Waals surface area contributed by atoms with Crippen molar-refractivity contribution in [2.24, 2.45) is 0 Å². The van der Waals surface area contributed by atoms with Crippen molar-refractivity contribution in [3.8, 4) is 0 Å². The number of carbonyl (C=O) groups is 1. The Kier molecular flexibility index (Phi) is 4.43. The van der Waals surface area contributed by atoms with Crippen LogP contribution in [-0.4, -0.2) is 45.7 Å². The molecule has 0 spiro atoms. The molecule has 0 aliphatic carbocycles. The van der Waals surface area contributed by atoms with Crippen LogP contribution in [0, 0.1) is 0 Å². The molecule has 102 valence electrons. The first kappa shape index (κ1) is 13.4. The fraction of sp³-hybridized carbons (Fsp3) is 0.417. The number of aromatic nitrogens is 2. The van der Waals surface area contributed by atoms with E-state index in [9.17, 15) is 4.79 Å². The Morgan fingerprint density at radius 3 is 2.58 bits per heavy atom. The average Bonchev–Trinajstić information content (AvgIpc) is 2.86. The lowest BCUT2D eigenvalue weighted by molar-refractivity contribution is 0.0922. The predicted octanol–water partition coefficient (Wildman–Crippen LogP) is 0.0860. The SMILES string of the molecule is O=C(NC(CCO)CCO)c1ccc2nonc2c1. The minimum Gasteiger partial charge on any atom is -0.396 e. The lowest BCUT2D eigenvalue weighted by atomic mass is 10.1. The largest absolute Gasteiger partial charge is 0.396 e. The van der Waals surface area contributed by atoms with Gasteiger partial charge in [-0.1, -0.05) is 0 Å². The summed E-state index contributed by atoms with van der Waals surface area (Å²) in [4.78, 5) is 12.0. The van der Waals surface area contributed by atoms with Crippen LogP contribution in [0.5, 0.6) is 0 Å². The number of hydrogen-bond acceptors (Lipinski definition) is 6. The van der Waals surface area contributed by atoms with Gasteiger partial charge in [0.25, 0.3) is 5.91 Å². The highest BCUT2D eigenvalue weighted by molar-refractivity contribution is 5.97. The quantitative estimate of drug-likeness (QED) is 0.683. The second-order valence-electron chi connectivity index (χ2n) is 4.16. The molecule has 7 nitrogen and oxygen atoms in total. The standard InChI is InChI=1S/C12H15N3O4/c16-5-3-9(4-6-17)13-12(18)8-1-2-10-11(7-8)15-19-14-10/h1-2,7,9,16-17H,3-6H2,(H,13,18). The molecule has 0 fully saturated rings. The zero-order valence-corrected chi connectivity index (χ0v) is 10.2. The van der Waals surface area contributed by atoms with Gasteiger partial charge in [-0.2, -0.15) is 0 Å². The minimum atomic E-state index is -0.281. The van der Waals surface area contributed by atoms with E-state index in [-0.39, 0.29) is 25.2 Å². The van der Waals surface area contributed by atoms with Gasteiger partial charge in [-0.25, -0.2) is 4.63 Å². The Hall–Kier alpha value is -1.99. The van der Waals surface area contributed by atoms with E-state index in [0.717, 1.165) is 0 Å². The molecule has 0 aliphatic heterocycles. The highest BCUT2D eigenvalue weighted by atomic mass is 16.6. The summed E-state index contributed by atoms with van der Waals surface area (Å²) in [6, 6.07) is 4.59. The first-order valence-electron chi connectivity index (χ1n) is 5.99. The maximum absolute atomic E-state index is 12.0. The summed E-state index contributed by atoms with van der Waals surface area (Å²) in [7, 11) is 0. The molecule has 0 atom stereocenters. The number of benzene rings is 1. The van der Waals surface area contributed by atoms with Gasteiger partial charge in [0.05, 0.1) is 0 Å². The number of aliphatic hydroxyl groups excluding tert-OH is 2. The Labute approximate surface area is 109 Å². The number of nitrogens with one attached hydrogen (secondary N) is 1. The van der Waals surface area contributed by atoms with Gasteiger partial charge < -0.3 is 15.5 Å². The fourth-order valence-electron chi connectivity index (χ4n) is 1.79. The van der Waals surface area contributed by atoms with Gasteiger partial charge in [0.15, 0.2) is 0 Å². The topological polar surface area (TPSA) is 108 Å². The molecule has 2 rings (SSSR count). The van der Waals surface area contributed by atoms with Crippen LogP contribution in [0.4, 0.5) is 0 Å². The van der Waals surface area contributed by atoms with Gasteiger partial charge in [0.1, 0.15) is 11.0 Å². The minimum absolute atomic E-state index is 0.0445. The van der Waals surface area contributed by atoms with E-state index in [1.165, 1.54) is 0 Å². The summed E-state index contributed by atoms with van der Waals surface area (Å²) >= 11 is 0. The van der Waals surface area contributed by atoms with Crippen LogP contribution >= 0.6 is 0 Å². The van der Waals surface area contributed by atoms with Crippen molar-refractivity contribution in [2.75, 3.05) is 13.2 Å². The molecule has 0 aliphatic rings. The van der Waals surface area contributed by atoms with Gasteiger partial charge >= 0.3 is 0 Å². The Bertz CT molecular complexity index is 549. The summed E-state index contributed by atoms with van der Waals surface area (Å²) in [6.07, 6.45) is 0.806. The molecule has 2 aromatic rings. The van der Waals surface area contributed by atoms with E-state index < -0.39 is 0 Å². The molecule has 0 saturated carbocycles. The molecule has 3 N–H and O–H groups in total. The van der Waals surface area contributed by atoms with Gasteiger partial charge in [0.2, 0.25) is 0 Å². The van der Waals surface area contributed by atoms with E-state index in [1.807, 2.05) is 0 Å². The van der Waals surface area contributed by atoms with E-state index in [4.69, 9.17) is 10.2 Å². The Morgan fingerprint density at radius 2 is 1.89 bits per heavy atom. The zero-order valence-electron chi connectivity index (χ0n) is 10.2. The van der Waals surface area contributed by atoms with E-state index in [0.29, 0.717) is 29.4 Å². The number of aliphatic hydroxyl groups is 2. The highest BCUT2D eigenvalue weighted by Gasteiger charge is 2.14. The molecular weight excluding hydrogens is 250 g/mol. The highest BCUT2D eigenvalue weighted by Crippen LogP contribution is 2.12. The lowest BCUT2D eigenvalue weighted by Gasteiger charge is -2.16. The van der Waals surface area contributed by atoms with Crippen molar-refractivity contribution in [1.82, 2.24) is 15.6 Å². The van der Waals surface area contributed by atoms with Crippen molar-refractivity contribution < 1.29 is 19.6 Å². The van der Waals surface area contributed by atoms with Gasteiger partial charge in [0, 0.05) is 24.8 Å². The Balaban J connectivity index is 2.09. The normalized spacial score (nSPS) is 11.1. The molecule has 1 heterocycles. The summed E-state index contributed by atoms with van der Waals surface area (Å²) in [5, 5.41) is 27.9. The molecule has 1 aromatic heterocycles. The maximum atomic E-state index is 12.0. The van der Waals surface area contributed by atoms with E-state index in [2.05, 4.69) is 20.3 Å². The molecule has 0 saturated heterocycles. The lowest BCUT2D eigenvalue weighted by Crippen LogP contribution is -2.36. The van der Waals surface area contributed by atoms with Crippen LogP contribution in [0.25, 0.3) is 11.0 Å². The van der Waals surface area contributed by atoms with E-state index >= 15 is 0 Å². The third-order valence-electron chi connectivity index (χ3n) is 2.81.